The zero-order valence-corrected chi connectivity index (χ0v) is 12.1. The van der Waals surface area contributed by atoms with Gasteiger partial charge >= 0.3 is 0 Å². The number of likely N-dealkylation sites (tertiary alicyclic amines) is 1. The van der Waals surface area contributed by atoms with Crippen LogP contribution in [0.3, 0.4) is 0 Å². The number of nitrogens with two attached hydrogens (primary N) is 1. The van der Waals surface area contributed by atoms with Crippen molar-refractivity contribution >= 4 is 17.5 Å². The molecule has 0 bridgehead atoms. The zero-order valence-electron chi connectivity index (χ0n) is 11.3. The molecule has 20 heavy (non-hydrogen) atoms. The van der Waals surface area contributed by atoms with Crippen LogP contribution in [-0.4, -0.2) is 23.9 Å². The number of hydrogen-bond acceptors (Lipinski definition) is 3. The van der Waals surface area contributed by atoms with Crippen LogP contribution in [0.15, 0.2) is 18.2 Å². The Morgan fingerprint density at radius 3 is 2.70 bits per heavy atom. The molecule has 0 spiro atoms. The van der Waals surface area contributed by atoms with Crippen LogP contribution in [0.4, 0.5) is 0 Å². The van der Waals surface area contributed by atoms with Crippen LogP contribution < -0.4 is 5.73 Å². The smallest absolute Gasteiger partial charge is 0.217 e. The molecule has 0 unspecified atom stereocenters. The highest BCUT2D eigenvalue weighted by atomic mass is 35.5. The van der Waals surface area contributed by atoms with Crippen molar-refractivity contribution < 1.29 is 4.79 Å². The molecule has 1 aliphatic heterocycles. The Kier molecular flexibility index (Phi) is 4.99. The second kappa shape index (κ2) is 6.74. The summed E-state index contributed by atoms with van der Waals surface area (Å²) in [4.78, 5) is 13.2. The second-order valence-corrected chi connectivity index (χ2v) is 5.72. The number of amides is 1. The fourth-order valence-electron chi connectivity index (χ4n) is 2.62. The van der Waals surface area contributed by atoms with Gasteiger partial charge in [-0.3, -0.25) is 9.69 Å². The molecule has 1 aromatic carbocycles. The normalized spacial score (nSPS) is 16.8. The van der Waals surface area contributed by atoms with Gasteiger partial charge < -0.3 is 5.73 Å². The quantitative estimate of drug-likeness (QED) is 0.925. The summed E-state index contributed by atoms with van der Waals surface area (Å²) in [6, 6.07) is 7.49. The van der Waals surface area contributed by atoms with Gasteiger partial charge in [0, 0.05) is 18.0 Å². The van der Waals surface area contributed by atoms with Crippen LogP contribution in [0.5, 0.6) is 0 Å². The van der Waals surface area contributed by atoms with Gasteiger partial charge in [-0.05, 0) is 49.5 Å². The Morgan fingerprint density at radius 2 is 2.15 bits per heavy atom. The number of piperidine rings is 1. The lowest BCUT2D eigenvalue weighted by molar-refractivity contribution is -0.119. The molecule has 1 amide bonds. The Hall–Kier alpha value is -1.57. The van der Waals surface area contributed by atoms with E-state index in [1.165, 1.54) is 0 Å². The molecule has 1 aliphatic rings. The molecular formula is C15H18ClN3O. The third kappa shape index (κ3) is 3.96. The van der Waals surface area contributed by atoms with Gasteiger partial charge in [0.15, 0.2) is 0 Å². The second-order valence-electron chi connectivity index (χ2n) is 5.31. The highest BCUT2D eigenvalue weighted by molar-refractivity contribution is 6.31. The maximum atomic E-state index is 10.9. The number of carbonyl (C=O) groups is 1. The molecule has 0 radical (unpaired) electrons. The number of nitriles is 1. The minimum Gasteiger partial charge on any atom is -0.370 e. The predicted molar refractivity (Wildman–Crippen MR) is 78.0 cm³/mol. The summed E-state index contributed by atoms with van der Waals surface area (Å²) in [6.07, 6.45) is 2.49. The van der Waals surface area contributed by atoms with Crippen molar-refractivity contribution in [3.05, 3.63) is 34.3 Å². The van der Waals surface area contributed by atoms with Gasteiger partial charge in [0.05, 0.1) is 11.6 Å². The summed E-state index contributed by atoms with van der Waals surface area (Å²) in [6.45, 7) is 2.69. The van der Waals surface area contributed by atoms with Crippen LogP contribution in [-0.2, 0) is 11.3 Å². The van der Waals surface area contributed by atoms with E-state index in [0.717, 1.165) is 38.0 Å². The Labute approximate surface area is 124 Å². The monoisotopic (exact) mass is 291 g/mol. The Morgan fingerprint density at radius 1 is 1.45 bits per heavy atom. The van der Waals surface area contributed by atoms with Gasteiger partial charge in [-0.2, -0.15) is 5.26 Å². The number of primary amides is 1. The van der Waals surface area contributed by atoms with Gasteiger partial charge in [-0.1, -0.05) is 17.7 Å². The molecule has 2 N–H and O–H groups in total. The van der Waals surface area contributed by atoms with E-state index in [4.69, 9.17) is 22.6 Å². The number of nitrogens with zero attached hydrogens (tertiary/aromatic N) is 2. The number of halogens is 1. The van der Waals surface area contributed by atoms with E-state index in [9.17, 15) is 4.79 Å². The largest absolute Gasteiger partial charge is 0.370 e. The van der Waals surface area contributed by atoms with Crippen molar-refractivity contribution in [1.82, 2.24) is 4.90 Å². The maximum Gasteiger partial charge on any atom is 0.217 e. The van der Waals surface area contributed by atoms with Gasteiger partial charge in [0.25, 0.3) is 0 Å². The fourth-order valence-corrected chi connectivity index (χ4v) is 2.86. The Balaban J connectivity index is 1.90. The van der Waals surface area contributed by atoms with Gasteiger partial charge in [-0.15, -0.1) is 0 Å². The Bertz CT molecular complexity index is 530. The van der Waals surface area contributed by atoms with E-state index in [0.29, 0.717) is 22.9 Å². The van der Waals surface area contributed by atoms with Crippen LogP contribution in [0.2, 0.25) is 5.02 Å². The molecular weight excluding hydrogens is 274 g/mol. The molecule has 1 aromatic rings. The minimum absolute atomic E-state index is 0.210. The number of carbonyl (C=O) groups excluding carboxylic acids is 1. The number of benzene rings is 1. The van der Waals surface area contributed by atoms with E-state index in [1.807, 2.05) is 6.07 Å². The summed E-state index contributed by atoms with van der Waals surface area (Å²) < 4.78 is 0. The average Bonchev–Trinajstić information content (AvgIpc) is 2.42. The third-order valence-electron chi connectivity index (χ3n) is 3.77. The minimum atomic E-state index is -0.210. The van der Waals surface area contributed by atoms with Gasteiger partial charge in [-0.25, -0.2) is 0 Å². The molecule has 0 aromatic heterocycles. The predicted octanol–water partition coefficient (Wildman–Crippen LogP) is 2.30. The molecule has 2 rings (SSSR count). The van der Waals surface area contributed by atoms with Crippen LogP contribution in [0.1, 0.15) is 30.4 Å². The average molecular weight is 292 g/mol. The standard InChI is InChI=1S/C15H18ClN3O/c16-14-7-12(9-17)1-2-13(14)10-19-5-3-11(4-6-19)8-15(18)20/h1-2,7,11H,3-6,8,10H2,(H2,18,20). The highest BCUT2D eigenvalue weighted by Crippen LogP contribution is 2.24. The van der Waals surface area contributed by atoms with E-state index in [1.54, 1.807) is 12.1 Å². The topological polar surface area (TPSA) is 70.1 Å². The molecule has 0 aliphatic carbocycles. The van der Waals surface area contributed by atoms with Crippen molar-refractivity contribution in [2.75, 3.05) is 13.1 Å². The first-order chi connectivity index (χ1) is 9.58. The van der Waals surface area contributed by atoms with E-state index in [-0.39, 0.29) is 5.91 Å². The first kappa shape index (κ1) is 14.8. The van der Waals surface area contributed by atoms with Crippen molar-refractivity contribution in [1.29, 1.82) is 5.26 Å². The fraction of sp³-hybridized carbons (Fsp3) is 0.467. The summed E-state index contributed by atoms with van der Waals surface area (Å²) in [7, 11) is 0. The van der Waals surface area contributed by atoms with Gasteiger partial charge in [0.1, 0.15) is 0 Å². The van der Waals surface area contributed by atoms with Crippen molar-refractivity contribution in [3.8, 4) is 6.07 Å². The summed E-state index contributed by atoms with van der Waals surface area (Å²) >= 11 is 6.19. The van der Waals surface area contributed by atoms with Crippen LogP contribution in [0.25, 0.3) is 0 Å². The lowest BCUT2D eigenvalue weighted by Crippen LogP contribution is -2.34. The molecule has 1 saturated heterocycles. The summed E-state index contributed by atoms with van der Waals surface area (Å²) in [5.41, 5.74) is 6.86. The molecule has 4 nitrogen and oxygen atoms in total. The van der Waals surface area contributed by atoms with Crippen molar-refractivity contribution in [3.63, 3.8) is 0 Å². The first-order valence-electron chi connectivity index (χ1n) is 6.77. The molecule has 1 fully saturated rings. The number of rotatable bonds is 4. The zero-order chi connectivity index (χ0) is 14.5. The lowest BCUT2D eigenvalue weighted by atomic mass is 9.93. The van der Waals surface area contributed by atoms with E-state index in [2.05, 4.69) is 11.0 Å². The summed E-state index contributed by atoms with van der Waals surface area (Å²) in [5.74, 6) is 0.207. The molecule has 5 heteroatoms. The highest BCUT2D eigenvalue weighted by Gasteiger charge is 2.21. The van der Waals surface area contributed by atoms with Gasteiger partial charge in [0.2, 0.25) is 5.91 Å². The molecule has 0 atom stereocenters. The first-order valence-corrected chi connectivity index (χ1v) is 7.15. The molecule has 1 heterocycles. The maximum absolute atomic E-state index is 10.9. The van der Waals surface area contributed by atoms with Crippen LogP contribution >= 0.6 is 11.6 Å². The van der Waals surface area contributed by atoms with Crippen molar-refractivity contribution in [2.45, 2.75) is 25.8 Å². The van der Waals surface area contributed by atoms with E-state index >= 15 is 0 Å². The van der Waals surface area contributed by atoms with Crippen molar-refractivity contribution in [2.24, 2.45) is 11.7 Å². The molecule has 0 saturated carbocycles. The SMILES string of the molecule is N#Cc1ccc(CN2CCC(CC(N)=O)CC2)c(Cl)c1. The van der Waals surface area contributed by atoms with E-state index < -0.39 is 0 Å². The lowest BCUT2D eigenvalue weighted by Gasteiger charge is -2.31. The molecule has 106 valence electrons. The van der Waals surface area contributed by atoms with Crippen LogP contribution in [0, 0.1) is 17.2 Å². The third-order valence-corrected chi connectivity index (χ3v) is 4.12. The summed E-state index contributed by atoms with van der Waals surface area (Å²) in [5, 5.41) is 9.46. The number of hydrogen-bond donors (Lipinski definition) is 1.